The number of aromatic nitrogens is 4. The third kappa shape index (κ3) is 5.27. The third-order valence-electron chi connectivity index (χ3n) is 6.36. The van der Waals surface area contributed by atoms with Crippen molar-refractivity contribution in [3.63, 3.8) is 0 Å². The molecule has 0 saturated heterocycles. The number of halogens is 2. The molecule has 3 heterocycles. The number of carbonyl (C=O) groups is 1. The Balaban J connectivity index is 1.46. The van der Waals surface area contributed by atoms with E-state index in [2.05, 4.69) is 25.3 Å². The van der Waals surface area contributed by atoms with E-state index in [0.29, 0.717) is 31.8 Å². The lowest BCUT2D eigenvalue weighted by atomic mass is 10.1. The Morgan fingerprint density at radius 3 is 2.56 bits per heavy atom. The van der Waals surface area contributed by atoms with Gasteiger partial charge in [-0.15, -0.1) is 11.3 Å². The summed E-state index contributed by atoms with van der Waals surface area (Å²) in [6, 6.07) is 7.78. The van der Waals surface area contributed by atoms with Crippen LogP contribution in [-0.4, -0.2) is 50.3 Å². The van der Waals surface area contributed by atoms with E-state index in [1.54, 1.807) is 39.1 Å². The van der Waals surface area contributed by atoms with Crippen LogP contribution in [0.2, 0.25) is 5.02 Å². The molecule has 5 rings (SSSR count). The zero-order chi connectivity index (χ0) is 27.8. The summed E-state index contributed by atoms with van der Waals surface area (Å²) in [4.78, 5) is 30.5. The molecule has 0 spiro atoms. The molecule has 0 aliphatic heterocycles. The van der Waals surface area contributed by atoms with E-state index < -0.39 is 24.1 Å². The van der Waals surface area contributed by atoms with Gasteiger partial charge in [-0.1, -0.05) is 11.6 Å². The maximum absolute atomic E-state index is 15.1. The Labute approximate surface area is 232 Å². The Morgan fingerprint density at radius 1 is 1.13 bits per heavy atom. The number of amides is 1. The van der Waals surface area contributed by atoms with Gasteiger partial charge < -0.3 is 15.2 Å². The quantitative estimate of drug-likeness (QED) is 0.221. The molecule has 0 radical (unpaired) electrons. The second-order valence-electron chi connectivity index (χ2n) is 8.97. The molecular formula is C27H24ClFN6O3S. The van der Waals surface area contributed by atoms with Gasteiger partial charge in [0.05, 0.1) is 51.7 Å². The van der Waals surface area contributed by atoms with Gasteiger partial charge in [-0.3, -0.25) is 9.88 Å². The van der Waals surface area contributed by atoms with Gasteiger partial charge in [0.15, 0.2) is 11.6 Å². The van der Waals surface area contributed by atoms with E-state index >= 15 is 4.39 Å². The number of rotatable bonds is 7. The van der Waals surface area contributed by atoms with Crippen molar-refractivity contribution in [2.45, 2.75) is 32.9 Å². The second kappa shape index (κ2) is 10.6. The summed E-state index contributed by atoms with van der Waals surface area (Å²) < 4.78 is 21.8. The van der Waals surface area contributed by atoms with Crippen LogP contribution in [0.5, 0.6) is 5.75 Å². The van der Waals surface area contributed by atoms with E-state index in [4.69, 9.17) is 16.3 Å². The molecule has 0 bridgehead atoms. The van der Waals surface area contributed by atoms with E-state index in [1.807, 2.05) is 19.2 Å². The number of nitrogens with zero attached hydrogens (tertiary/aromatic N) is 5. The molecule has 12 heteroatoms. The Kier molecular flexibility index (Phi) is 7.19. The fourth-order valence-corrected chi connectivity index (χ4v) is 5.41. The summed E-state index contributed by atoms with van der Waals surface area (Å²) >= 11 is 7.76. The van der Waals surface area contributed by atoms with Crippen molar-refractivity contribution < 1.29 is 19.0 Å². The van der Waals surface area contributed by atoms with Crippen LogP contribution in [0.3, 0.4) is 0 Å². The Morgan fingerprint density at radius 2 is 1.87 bits per heavy atom. The monoisotopic (exact) mass is 566 g/mol. The lowest BCUT2D eigenvalue weighted by Gasteiger charge is -2.30. The highest BCUT2D eigenvalue weighted by atomic mass is 35.5. The van der Waals surface area contributed by atoms with Crippen LogP contribution in [0.25, 0.3) is 31.7 Å². The molecule has 9 nitrogen and oxygen atoms in total. The number of nitrogens with one attached hydrogen (secondary N) is 1. The first-order chi connectivity index (χ1) is 18.6. The fourth-order valence-electron chi connectivity index (χ4n) is 4.19. The Hall–Kier alpha value is -4.09. The number of hydrogen-bond acceptors (Lipinski definition) is 8. The number of fused-ring (bicyclic) bond motifs is 2. The van der Waals surface area contributed by atoms with Crippen molar-refractivity contribution in [3.8, 4) is 16.3 Å². The van der Waals surface area contributed by atoms with Gasteiger partial charge in [0.1, 0.15) is 16.9 Å². The normalized spacial score (nSPS) is 12.9. The molecule has 200 valence electrons. The van der Waals surface area contributed by atoms with Crippen LogP contribution in [0.15, 0.2) is 48.9 Å². The minimum absolute atomic E-state index is 0.00437. The first-order valence-corrected chi connectivity index (χ1v) is 13.2. The molecule has 5 aromatic rings. The maximum atomic E-state index is 15.1. The van der Waals surface area contributed by atoms with Gasteiger partial charge in [0.2, 0.25) is 0 Å². The largest absolute Gasteiger partial charge is 0.485 e. The van der Waals surface area contributed by atoms with E-state index in [1.165, 1.54) is 29.8 Å². The molecular weight excluding hydrogens is 543 g/mol. The van der Waals surface area contributed by atoms with Crippen molar-refractivity contribution in [3.05, 3.63) is 65.6 Å². The SMILES string of the molecule is CNc1cnc2c(-c3nc4cc(F)c(O[C@@H](C)[C@@H](C)N(C(=O)O)c5cnc(C)nc5)cc4s3)cc(Cl)cc2c1. The van der Waals surface area contributed by atoms with Crippen molar-refractivity contribution in [2.75, 3.05) is 17.3 Å². The molecule has 2 atom stereocenters. The van der Waals surface area contributed by atoms with Crippen molar-refractivity contribution >= 4 is 61.5 Å². The lowest BCUT2D eigenvalue weighted by molar-refractivity contribution is 0.167. The van der Waals surface area contributed by atoms with Crippen LogP contribution in [-0.2, 0) is 0 Å². The second-order valence-corrected chi connectivity index (χ2v) is 10.4. The number of carboxylic acid groups (broad SMARTS) is 1. The summed E-state index contributed by atoms with van der Waals surface area (Å²) in [6.07, 6.45) is 2.68. The number of aryl methyl sites for hydroxylation is 1. The third-order valence-corrected chi connectivity index (χ3v) is 7.63. The summed E-state index contributed by atoms with van der Waals surface area (Å²) in [7, 11) is 1.81. The number of hydrogen-bond donors (Lipinski definition) is 2. The molecule has 0 unspecified atom stereocenters. The highest BCUT2D eigenvalue weighted by Crippen LogP contribution is 2.38. The molecule has 0 aliphatic rings. The van der Waals surface area contributed by atoms with E-state index in [-0.39, 0.29) is 5.75 Å². The number of pyridine rings is 1. The van der Waals surface area contributed by atoms with Crippen LogP contribution in [0.1, 0.15) is 19.7 Å². The summed E-state index contributed by atoms with van der Waals surface area (Å²) in [6.45, 7) is 5.07. The fraction of sp³-hybridized carbons (Fsp3) is 0.222. The maximum Gasteiger partial charge on any atom is 0.412 e. The molecule has 2 aromatic carbocycles. The summed E-state index contributed by atoms with van der Waals surface area (Å²) in [5.41, 5.74) is 3.07. The zero-order valence-corrected chi connectivity index (χ0v) is 23.0. The summed E-state index contributed by atoms with van der Waals surface area (Å²) in [5, 5.41) is 14.9. The average Bonchev–Trinajstić information content (AvgIpc) is 3.31. The number of ether oxygens (including phenoxy) is 1. The molecule has 2 N–H and O–H groups in total. The minimum atomic E-state index is -1.20. The topological polar surface area (TPSA) is 113 Å². The first kappa shape index (κ1) is 26.5. The van der Waals surface area contributed by atoms with Gasteiger partial charge in [0, 0.05) is 35.2 Å². The average molecular weight is 567 g/mol. The lowest BCUT2D eigenvalue weighted by Crippen LogP contribution is -2.46. The standard InChI is InChI=1S/C27H24ClFN6O3S/c1-13(35(27(36)37)19-11-31-15(3)32-12-19)14(2)38-23-9-24-22(8-21(23)29)34-26(39-24)20-7-17(28)5-16-6-18(30-4)10-33-25(16)20/h5-14,30H,1-4H3,(H,36,37)/t13-,14+/m1/s1. The minimum Gasteiger partial charge on any atom is -0.485 e. The van der Waals surface area contributed by atoms with Crippen molar-refractivity contribution in [1.82, 2.24) is 19.9 Å². The molecule has 0 fully saturated rings. The zero-order valence-electron chi connectivity index (χ0n) is 21.4. The number of benzene rings is 2. The predicted octanol–water partition coefficient (Wildman–Crippen LogP) is 6.78. The summed E-state index contributed by atoms with van der Waals surface area (Å²) in [5.74, 6) is -0.0911. The van der Waals surface area contributed by atoms with Gasteiger partial charge in [-0.2, -0.15) is 0 Å². The molecule has 1 amide bonds. The highest BCUT2D eigenvalue weighted by molar-refractivity contribution is 7.21. The van der Waals surface area contributed by atoms with E-state index in [9.17, 15) is 9.90 Å². The van der Waals surface area contributed by atoms with Crippen LogP contribution in [0.4, 0.5) is 20.6 Å². The smallest absolute Gasteiger partial charge is 0.412 e. The van der Waals surface area contributed by atoms with E-state index in [0.717, 1.165) is 27.1 Å². The highest BCUT2D eigenvalue weighted by Gasteiger charge is 2.29. The van der Waals surface area contributed by atoms with Crippen LogP contribution < -0.4 is 15.0 Å². The van der Waals surface area contributed by atoms with Gasteiger partial charge in [-0.05, 0) is 39.0 Å². The number of thiazole rings is 1. The molecule has 0 aliphatic carbocycles. The number of anilines is 2. The molecule has 3 aromatic heterocycles. The first-order valence-electron chi connectivity index (χ1n) is 12.0. The molecule has 39 heavy (non-hydrogen) atoms. The van der Waals surface area contributed by atoms with Crippen LogP contribution in [0, 0.1) is 12.7 Å². The van der Waals surface area contributed by atoms with Gasteiger partial charge in [0.25, 0.3) is 0 Å². The predicted molar refractivity (Wildman–Crippen MR) is 152 cm³/mol. The van der Waals surface area contributed by atoms with Crippen molar-refractivity contribution in [2.24, 2.45) is 0 Å². The Bertz CT molecular complexity index is 1700. The van der Waals surface area contributed by atoms with Gasteiger partial charge >= 0.3 is 6.09 Å². The van der Waals surface area contributed by atoms with Crippen LogP contribution >= 0.6 is 22.9 Å². The van der Waals surface area contributed by atoms with Crippen molar-refractivity contribution in [1.29, 1.82) is 0 Å². The van der Waals surface area contributed by atoms with Gasteiger partial charge in [-0.25, -0.2) is 24.1 Å². The molecule has 0 saturated carbocycles.